The molecule has 0 atom stereocenters. The minimum Gasteiger partial charge on any atom is -0.353 e. The van der Waals surface area contributed by atoms with Crippen molar-refractivity contribution in [3.8, 4) is 0 Å². The Hall–Kier alpha value is -0.440. The van der Waals surface area contributed by atoms with Crippen LogP contribution < -0.4 is 5.32 Å². The number of aryl methyl sites for hydroxylation is 1. The zero-order valence-corrected chi connectivity index (χ0v) is 15.6. The predicted molar refractivity (Wildman–Crippen MR) is 89.4 cm³/mol. The van der Waals surface area contributed by atoms with Crippen LogP contribution in [0.5, 0.6) is 0 Å². The Bertz CT molecular complexity index is 674. The highest BCUT2D eigenvalue weighted by molar-refractivity contribution is 9.10. The molecule has 0 spiro atoms. The van der Waals surface area contributed by atoms with Crippen molar-refractivity contribution in [3.05, 3.63) is 15.4 Å². The third-order valence-electron chi connectivity index (χ3n) is 4.10. The lowest BCUT2D eigenvalue weighted by atomic mass is 10.1. The fraction of sp³-hybridized carbons (Fsp3) is 0.643. The standard InChI is InChI=1S/C14H19BrN2O3S2/c1-9-8-12(15)14(21-9)22(19,20)17-6-4-11(5-7-17)16-13(18)10-2-3-10/h8,10-11H,2-7H2,1H3,(H,16,18). The molecule has 1 amide bonds. The predicted octanol–water partition coefficient (Wildman–Crippen LogP) is 2.50. The Morgan fingerprint density at radius 2 is 1.95 bits per heavy atom. The SMILES string of the molecule is Cc1cc(Br)c(S(=O)(=O)N2CCC(NC(=O)C3CC3)CC2)s1. The maximum atomic E-state index is 12.7. The average molecular weight is 407 g/mol. The summed E-state index contributed by atoms with van der Waals surface area (Å²) >= 11 is 4.63. The number of piperidine rings is 1. The molecular weight excluding hydrogens is 388 g/mol. The highest BCUT2D eigenvalue weighted by Crippen LogP contribution is 2.34. The van der Waals surface area contributed by atoms with Gasteiger partial charge in [0.15, 0.2) is 0 Å². The van der Waals surface area contributed by atoms with E-state index in [-0.39, 0.29) is 17.9 Å². The highest BCUT2D eigenvalue weighted by Gasteiger charge is 2.35. The van der Waals surface area contributed by atoms with Gasteiger partial charge in [-0.25, -0.2) is 8.42 Å². The molecule has 1 saturated carbocycles. The Labute approximate surface area is 143 Å². The first-order valence-electron chi connectivity index (χ1n) is 7.44. The van der Waals surface area contributed by atoms with Crippen molar-refractivity contribution in [3.63, 3.8) is 0 Å². The van der Waals surface area contributed by atoms with Gasteiger partial charge < -0.3 is 5.32 Å². The highest BCUT2D eigenvalue weighted by atomic mass is 79.9. The van der Waals surface area contributed by atoms with Gasteiger partial charge in [-0.05, 0) is 54.6 Å². The van der Waals surface area contributed by atoms with Crippen LogP contribution in [0.4, 0.5) is 0 Å². The molecule has 22 heavy (non-hydrogen) atoms. The maximum Gasteiger partial charge on any atom is 0.253 e. The number of amides is 1. The van der Waals surface area contributed by atoms with E-state index in [1.54, 1.807) is 0 Å². The van der Waals surface area contributed by atoms with Gasteiger partial charge in [-0.2, -0.15) is 4.31 Å². The Morgan fingerprint density at radius 3 is 2.45 bits per heavy atom. The van der Waals surface area contributed by atoms with Gasteiger partial charge in [0.25, 0.3) is 10.0 Å². The van der Waals surface area contributed by atoms with Crippen molar-refractivity contribution >= 4 is 43.2 Å². The zero-order valence-electron chi connectivity index (χ0n) is 12.3. The number of sulfonamides is 1. The van der Waals surface area contributed by atoms with E-state index in [0.717, 1.165) is 17.7 Å². The molecule has 5 nitrogen and oxygen atoms in total. The smallest absolute Gasteiger partial charge is 0.253 e. The third kappa shape index (κ3) is 3.39. The molecule has 1 N–H and O–H groups in total. The number of carbonyl (C=O) groups excluding carboxylic acids is 1. The van der Waals surface area contributed by atoms with E-state index >= 15 is 0 Å². The summed E-state index contributed by atoms with van der Waals surface area (Å²) < 4.78 is 27.9. The number of rotatable bonds is 4. The van der Waals surface area contributed by atoms with Crippen molar-refractivity contribution in [1.82, 2.24) is 9.62 Å². The summed E-state index contributed by atoms with van der Waals surface area (Å²) in [7, 11) is -3.44. The normalized spacial score (nSPS) is 21.0. The molecule has 1 saturated heterocycles. The summed E-state index contributed by atoms with van der Waals surface area (Å²) in [6.45, 7) is 2.82. The van der Waals surface area contributed by atoms with E-state index in [1.807, 2.05) is 13.0 Å². The van der Waals surface area contributed by atoms with Crippen molar-refractivity contribution in [2.45, 2.75) is 42.9 Å². The summed E-state index contributed by atoms with van der Waals surface area (Å²) in [5.41, 5.74) is 0. The minimum absolute atomic E-state index is 0.105. The number of halogens is 1. The van der Waals surface area contributed by atoms with Crippen molar-refractivity contribution in [1.29, 1.82) is 0 Å². The molecule has 0 bridgehead atoms. The minimum atomic E-state index is -3.44. The van der Waals surface area contributed by atoms with Crippen LogP contribution in [0.2, 0.25) is 0 Å². The van der Waals surface area contributed by atoms with Gasteiger partial charge >= 0.3 is 0 Å². The third-order valence-corrected chi connectivity index (χ3v) is 8.71. The lowest BCUT2D eigenvalue weighted by Crippen LogP contribution is -2.46. The fourth-order valence-electron chi connectivity index (χ4n) is 2.66. The van der Waals surface area contributed by atoms with E-state index in [4.69, 9.17) is 0 Å². The lowest BCUT2D eigenvalue weighted by Gasteiger charge is -2.31. The Kier molecular flexibility index (Phi) is 4.64. The van der Waals surface area contributed by atoms with Crippen molar-refractivity contribution in [2.75, 3.05) is 13.1 Å². The molecule has 0 radical (unpaired) electrons. The summed E-state index contributed by atoms with van der Waals surface area (Å²) in [5.74, 6) is 0.338. The van der Waals surface area contributed by atoms with Gasteiger partial charge in [0.2, 0.25) is 5.91 Å². The van der Waals surface area contributed by atoms with Crippen LogP contribution in [0.25, 0.3) is 0 Å². The molecular formula is C14H19BrN2O3S2. The van der Waals surface area contributed by atoms with Gasteiger partial charge in [0.1, 0.15) is 4.21 Å². The fourth-order valence-corrected chi connectivity index (χ4v) is 7.00. The van der Waals surface area contributed by atoms with Crippen LogP contribution in [-0.4, -0.2) is 37.8 Å². The van der Waals surface area contributed by atoms with Gasteiger partial charge in [-0.1, -0.05) is 0 Å². The number of nitrogens with one attached hydrogen (secondary N) is 1. The second-order valence-corrected chi connectivity index (χ2v) is 10.2. The van der Waals surface area contributed by atoms with E-state index in [2.05, 4.69) is 21.2 Å². The summed E-state index contributed by atoms with van der Waals surface area (Å²) in [6, 6.07) is 1.94. The zero-order chi connectivity index (χ0) is 15.9. The molecule has 0 unspecified atom stereocenters. The molecule has 1 aromatic rings. The second kappa shape index (κ2) is 6.22. The van der Waals surface area contributed by atoms with E-state index in [0.29, 0.717) is 34.6 Å². The van der Waals surface area contributed by atoms with Gasteiger partial charge in [0, 0.05) is 34.4 Å². The molecule has 1 aliphatic heterocycles. The van der Waals surface area contributed by atoms with Crippen LogP contribution in [-0.2, 0) is 14.8 Å². The van der Waals surface area contributed by atoms with Crippen LogP contribution in [0.3, 0.4) is 0 Å². The molecule has 1 aliphatic carbocycles. The van der Waals surface area contributed by atoms with E-state index in [1.165, 1.54) is 15.6 Å². The number of carbonyl (C=O) groups is 1. The van der Waals surface area contributed by atoms with Gasteiger partial charge in [0.05, 0.1) is 0 Å². The summed E-state index contributed by atoms with van der Waals surface area (Å²) in [5, 5.41) is 3.04. The van der Waals surface area contributed by atoms with Crippen molar-refractivity contribution in [2.24, 2.45) is 5.92 Å². The molecule has 0 aromatic carbocycles. The monoisotopic (exact) mass is 406 g/mol. The lowest BCUT2D eigenvalue weighted by molar-refractivity contribution is -0.123. The topological polar surface area (TPSA) is 66.5 Å². The van der Waals surface area contributed by atoms with Crippen molar-refractivity contribution < 1.29 is 13.2 Å². The summed E-state index contributed by atoms with van der Waals surface area (Å²) in [6.07, 6.45) is 3.34. The largest absolute Gasteiger partial charge is 0.353 e. The van der Waals surface area contributed by atoms with Crippen LogP contribution in [0.15, 0.2) is 14.7 Å². The van der Waals surface area contributed by atoms with E-state index in [9.17, 15) is 13.2 Å². The van der Waals surface area contributed by atoms with Gasteiger partial charge in [-0.15, -0.1) is 11.3 Å². The Balaban J connectivity index is 1.62. The van der Waals surface area contributed by atoms with E-state index < -0.39 is 10.0 Å². The number of nitrogens with zero attached hydrogens (tertiary/aromatic N) is 1. The van der Waals surface area contributed by atoms with Gasteiger partial charge in [-0.3, -0.25) is 4.79 Å². The molecule has 8 heteroatoms. The maximum absolute atomic E-state index is 12.7. The second-order valence-electron chi connectivity index (χ2n) is 5.95. The van der Waals surface area contributed by atoms with Crippen LogP contribution >= 0.6 is 27.3 Å². The Morgan fingerprint density at radius 1 is 1.32 bits per heavy atom. The molecule has 2 aliphatic rings. The molecule has 1 aromatic heterocycles. The molecule has 2 fully saturated rings. The first-order chi connectivity index (χ1) is 10.4. The molecule has 122 valence electrons. The first kappa shape index (κ1) is 16.4. The number of hydrogen-bond acceptors (Lipinski definition) is 4. The number of thiophene rings is 1. The quantitative estimate of drug-likeness (QED) is 0.834. The van der Waals surface area contributed by atoms with Crippen LogP contribution in [0.1, 0.15) is 30.6 Å². The average Bonchev–Trinajstić information content (AvgIpc) is 3.25. The molecule has 2 heterocycles. The number of hydrogen-bond donors (Lipinski definition) is 1. The summed E-state index contributed by atoms with van der Waals surface area (Å²) in [4.78, 5) is 12.7. The van der Waals surface area contributed by atoms with Crippen LogP contribution in [0, 0.1) is 12.8 Å². The first-order valence-corrected chi connectivity index (χ1v) is 10.5. The molecule has 3 rings (SSSR count).